The average molecular weight is 865 g/mol. The SMILES string of the molecule is CCCCCC(C)C(CC)CCC(C)C(CC)CCC(C)C(C)C1CCC(C(CC)CCC(C)C(N)C2CCC(C3CCC(C(CC)CCC(C)C4CCCC4)CC3)CC2)CC1. The molecule has 0 saturated heterocycles. The molecule has 2 N–H and O–H groups in total. The summed E-state index contributed by atoms with van der Waals surface area (Å²) in [4.78, 5) is 0. The van der Waals surface area contributed by atoms with Crippen molar-refractivity contribution in [2.45, 2.75) is 288 Å². The molecule has 4 aliphatic rings. The monoisotopic (exact) mass is 864 g/mol. The maximum Gasteiger partial charge on any atom is 0.00930 e. The molecule has 0 heterocycles. The van der Waals surface area contributed by atoms with Crippen LogP contribution in [0.15, 0.2) is 0 Å². The average Bonchev–Trinajstić information content (AvgIpc) is 3.85. The second-order valence-electron chi connectivity index (χ2n) is 24.9. The van der Waals surface area contributed by atoms with E-state index < -0.39 is 0 Å². The molecule has 4 saturated carbocycles. The normalized spacial score (nSPS) is 30.8. The highest BCUT2D eigenvalue weighted by Crippen LogP contribution is 2.47. The molecule has 0 radical (unpaired) electrons. The van der Waals surface area contributed by atoms with Crippen molar-refractivity contribution in [3.05, 3.63) is 0 Å². The molecule has 0 amide bonds. The van der Waals surface area contributed by atoms with Crippen molar-refractivity contribution in [2.75, 3.05) is 0 Å². The molecule has 1 nitrogen and oxygen atoms in total. The minimum atomic E-state index is 0.423. The highest BCUT2D eigenvalue weighted by Gasteiger charge is 2.37. The van der Waals surface area contributed by atoms with E-state index >= 15 is 0 Å². The van der Waals surface area contributed by atoms with E-state index in [9.17, 15) is 0 Å². The standard InChI is InChI=1S/C61H117N/c1-12-17-18-21-45(7)50(13-2)29-25-46(8)51(14-3)28-24-44(6)49(11)55-32-34-56(35-33-55)53(16-5)31-27-48(10)61(62)60-42-40-59(41-43-60)58-38-36-57(37-39-58)52(15-4)30-26-47(9)54-22-19-20-23-54/h44-61H,12-43,62H2,1-11H3. The summed E-state index contributed by atoms with van der Waals surface area (Å²) >= 11 is 0. The number of hydrogen-bond acceptors (Lipinski definition) is 1. The van der Waals surface area contributed by atoms with Gasteiger partial charge in [-0.15, -0.1) is 0 Å². The number of unbranched alkanes of at least 4 members (excludes halogenated alkanes) is 2. The number of rotatable bonds is 30. The molecule has 11 unspecified atom stereocenters. The van der Waals surface area contributed by atoms with E-state index in [1.807, 2.05) is 0 Å². The molecule has 0 bridgehead atoms. The van der Waals surface area contributed by atoms with Crippen LogP contribution in [-0.2, 0) is 0 Å². The highest BCUT2D eigenvalue weighted by atomic mass is 14.7. The van der Waals surface area contributed by atoms with Gasteiger partial charge in [0.15, 0.2) is 0 Å². The van der Waals surface area contributed by atoms with E-state index in [0.717, 1.165) is 94.7 Å². The molecule has 1 heteroatoms. The van der Waals surface area contributed by atoms with E-state index in [1.165, 1.54) is 205 Å². The molecule has 4 rings (SSSR count). The first kappa shape index (κ1) is 54.6. The van der Waals surface area contributed by atoms with Gasteiger partial charge in [-0.1, -0.05) is 172 Å². The second kappa shape index (κ2) is 29.7. The minimum Gasteiger partial charge on any atom is -0.327 e. The van der Waals surface area contributed by atoms with Crippen LogP contribution >= 0.6 is 0 Å². The Morgan fingerprint density at radius 1 is 0.371 bits per heavy atom. The molecular formula is C61H117N. The van der Waals surface area contributed by atoms with Crippen molar-refractivity contribution in [2.24, 2.45) is 106 Å². The fourth-order valence-electron chi connectivity index (χ4n) is 15.8. The predicted octanol–water partition coefficient (Wildman–Crippen LogP) is 19.5. The van der Waals surface area contributed by atoms with Crippen molar-refractivity contribution in [3.63, 3.8) is 0 Å². The lowest BCUT2D eigenvalue weighted by Crippen LogP contribution is -2.39. The van der Waals surface area contributed by atoms with Gasteiger partial charge in [-0.2, -0.15) is 0 Å². The quantitative estimate of drug-likeness (QED) is 0.0716. The third-order valence-electron chi connectivity index (χ3n) is 21.4. The van der Waals surface area contributed by atoms with Crippen LogP contribution in [0, 0.1) is 101 Å². The van der Waals surface area contributed by atoms with Crippen LogP contribution in [0.1, 0.15) is 282 Å². The highest BCUT2D eigenvalue weighted by molar-refractivity contribution is 4.89. The maximum absolute atomic E-state index is 7.19. The Kier molecular flexibility index (Phi) is 26.1. The van der Waals surface area contributed by atoms with Gasteiger partial charge in [0, 0.05) is 6.04 Å². The number of hydrogen-bond donors (Lipinski definition) is 1. The zero-order chi connectivity index (χ0) is 45.0. The largest absolute Gasteiger partial charge is 0.327 e. The summed E-state index contributed by atoms with van der Waals surface area (Å²) in [5.74, 6) is 15.8. The van der Waals surface area contributed by atoms with Crippen molar-refractivity contribution in [1.82, 2.24) is 0 Å². The molecule has 0 aromatic carbocycles. The Morgan fingerprint density at radius 2 is 0.806 bits per heavy atom. The van der Waals surface area contributed by atoms with Crippen molar-refractivity contribution in [3.8, 4) is 0 Å². The third kappa shape index (κ3) is 17.2. The summed E-state index contributed by atoms with van der Waals surface area (Å²) < 4.78 is 0. The second-order valence-corrected chi connectivity index (χ2v) is 24.9. The molecule has 62 heavy (non-hydrogen) atoms. The third-order valence-corrected chi connectivity index (χ3v) is 21.4. The van der Waals surface area contributed by atoms with Crippen molar-refractivity contribution in [1.29, 1.82) is 0 Å². The molecular weight excluding hydrogens is 747 g/mol. The Balaban J connectivity index is 1.10. The van der Waals surface area contributed by atoms with Crippen molar-refractivity contribution >= 4 is 0 Å². The van der Waals surface area contributed by atoms with Gasteiger partial charge in [0.1, 0.15) is 0 Å². The van der Waals surface area contributed by atoms with E-state index in [1.54, 1.807) is 0 Å². The van der Waals surface area contributed by atoms with Crippen LogP contribution in [0.5, 0.6) is 0 Å². The summed E-state index contributed by atoms with van der Waals surface area (Å²) in [5, 5.41) is 0. The Labute approximate surface area is 392 Å². The lowest BCUT2D eigenvalue weighted by atomic mass is 9.65. The first-order valence-corrected chi connectivity index (χ1v) is 29.7. The molecule has 4 aliphatic carbocycles. The zero-order valence-corrected chi connectivity index (χ0v) is 44.6. The van der Waals surface area contributed by atoms with Gasteiger partial charge < -0.3 is 5.73 Å². The zero-order valence-electron chi connectivity index (χ0n) is 44.6. The Hall–Kier alpha value is -0.0400. The topological polar surface area (TPSA) is 26.0 Å². The molecule has 366 valence electrons. The van der Waals surface area contributed by atoms with Gasteiger partial charge in [-0.3, -0.25) is 0 Å². The smallest absolute Gasteiger partial charge is 0.00930 e. The van der Waals surface area contributed by atoms with Crippen LogP contribution in [-0.4, -0.2) is 6.04 Å². The molecule has 0 spiro atoms. The fraction of sp³-hybridized carbons (Fsp3) is 1.00. The van der Waals surface area contributed by atoms with Gasteiger partial charge in [0.25, 0.3) is 0 Å². The van der Waals surface area contributed by atoms with Crippen LogP contribution in [0.2, 0.25) is 0 Å². The summed E-state index contributed by atoms with van der Waals surface area (Å²) in [5.41, 5.74) is 7.19. The molecule has 0 aromatic heterocycles. The van der Waals surface area contributed by atoms with Gasteiger partial charge in [0.2, 0.25) is 0 Å². The lowest BCUT2D eigenvalue weighted by Gasteiger charge is -2.41. The van der Waals surface area contributed by atoms with E-state index in [4.69, 9.17) is 5.73 Å². The summed E-state index contributed by atoms with van der Waals surface area (Å²) in [6.45, 7) is 27.8. The van der Waals surface area contributed by atoms with Gasteiger partial charge in [-0.25, -0.2) is 0 Å². The number of nitrogens with two attached hydrogens (primary N) is 1. The van der Waals surface area contributed by atoms with Crippen LogP contribution in [0.25, 0.3) is 0 Å². The van der Waals surface area contributed by atoms with Crippen LogP contribution in [0.4, 0.5) is 0 Å². The Morgan fingerprint density at radius 3 is 1.31 bits per heavy atom. The van der Waals surface area contributed by atoms with Gasteiger partial charge >= 0.3 is 0 Å². The maximum atomic E-state index is 7.19. The predicted molar refractivity (Wildman–Crippen MR) is 277 cm³/mol. The summed E-state index contributed by atoms with van der Waals surface area (Å²) in [6.07, 6.45) is 46.8. The minimum absolute atomic E-state index is 0.423. The Bertz CT molecular complexity index is 1080. The van der Waals surface area contributed by atoms with Gasteiger partial charge in [-0.05, 0) is 210 Å². The molecule has 4 fully saturated rings. The van der Waals surface area contributed by atoms with E-state index in [2.05, 4.69) is 76.2 Å². The van der Waals surface area contributed by atoms with Crippen LogP contribution in [0.3, 0.4) is 0 Å². The van der Waals surface area contributed by atoms with Crippen molar-refractivity contribution < 1.29 is 0 Å². The first-order chi connectivity index (χ1) is 29.9. The van der Waals surface area contributed by atoms with Crippen LogP contribution < -0.4 is 5.73 Å². The summed E-state index contributed by atoms with van der Waals surface area (Å²) in [6, 6.07) is 0.423. The first-order valence-electron chi connectivity index (χ1n) is 29.7. The molecule has 0 aliphatic heterocycles. The van der Waals surface area contributed by atoms with E-state index in [0.29, 0.717) is 12.0 Å². The molecule has 11 atom stereocenters. The molecule has 0 aromatic rings. The summed E-state index contributed by atoms with van der Waals surface area (Å²) in [7, 11) is 0. The van der Waals surface area contributed by atoms with Gasteiger partial charge in [0.05, 0.1) is 0 Å². The fourth-order valence-corrected chi connectivity index (χ4v) is 15.8. The lowest BCUT2D eigenvalue weighted by molar-refractivity contribution is 0.105. The van der Waals surface area contributed by atoms with E-state index in [-0.39, 0.29) is 0 Å².